The molecule has 0 aliphatic carbocycles. The van der Waals surface area contributed by atoms with Crippen LogP contribution >= 0.6 is 0 Å². The molecule has 0 aliphatic heterocycles. The zero-order valence-electron chi connectivity index (χ0n) is 29.5. The molecule has 0 spiro atoms. The Morgan fingerprint density at radius 1 is 0.259 bits per heavy atom. The number of hydrogen-bond acceptors (Lipinski definition) is 2. The third-order valence-electron chi connectivity index (χ3n) is 10.5. The Kier molecular flexibility index (Phi) is 7.85. The van der Waals surface area contributed by atoms with Crippen molar-refractivity contribution in [2.75, 3.05) is 0 Å². The lowest BCUT2D eigenvalue weighted by Gasteiger charge is -2.16. The Hall–Kier alpha value is -7.16. The topological polar surface area (TPSA) is 25.8 Å². The van der Waals surface area contributed by atoms with Gasteiger partial charge >= 0.3 is 0 Å². The molecule has 0 unspecified atom stereocenters. The first kappa shape index (κ1) is 31.6. The number of fused-ring (bicyclic) bond motifs is 4. The first-order chi connectivity index (χ1) is 26.8. The van der Waals surface area contributed by atoms with Crippen LogP contribution in [-0.2, 0) is 0 Å². The van der Waals surface area contributed by atoms with Crippen LogP contribution in [0.1, 0.15) is 0 Å². The molecule has 0 bridgehead atoms. The second kappa shape index (κ2) is 13.4. The van der Waals surface area contributed by atoms with Gasteiger partial charge < -0.3 is 0 Å². The Labute approximate surface area is 314 Å². The van der Waals surface area contributed by atoms with Crippen molar-refractivity contribution < 1.29 is 0 Å². The molecule has 0 amide bonds. The molecule has 0 aliphatic rings. The third-order valence-corrected chi connectivity index (χ3v) is 10.5. The van der Waals surface area contributed by atoms with Crippen LogP contribution in [0, 0.1) is 0 Å². The van der Waals surface area contributed by atoms with E-state index in [1.54, 1.807) is 0 Å². The molecule has 0 N–H and O–H groups in total. The molecule has 10 rings (SSSR count). The largest absolute Gasteiger partial charge is 0.228 e. The van der Waals surface area contributed by atoms with Crippen LogP contribution in [0.5, 0.6) is 0 Å². The summed E-state index contributed by atoms with van der Waals surface area (Å²) in [6.07, 6.45) is 0. The lowest BCUT2D eigenvalue weighted by atomic mass is 9.89. The molecule has 0 atom stereocenters. The number of benzene rings is 9. The molecule has 10 aromatic rings. The molecule has 252 valence electrons. The van der Waals surface area contributed by atoms with Gasteiger partial charge in [-0.3, -0.25) is 0 Å². The number of aromatic nitrogens is 2. The fourth-order valence-electron chi connectivity index (χ4n) is 7.85. The smallest absolute Gasteiger partial charge is 0.160 e. The van der Waals surface area contributed by atoms with Crippen molar-refractivity contribution in [3.05, 3.63) is 206 Å². The number of nitrogens with zero attached hydrogens (tertiary/aromatic N) is 2. The molecule has 1 heterocycles. The monoisotopic (exact) mass is 686 g/mol. The zero-order valence-corrected chi connectivity index (χ0v) is 29.5. The van der Waals surface area contributed by atoms with Gasteiger partial charge in [-0.15, -0.1) is 0 Å². The van der Waals surface area contributed by atoms with Gasteiger partial charge in [0.1, 0.15) is 0 Å². The molecule has 0 fully saturated rings. The zero-order chi connectivity index (χ0) is 35.8. The molecule has 54 heavy (non-hydrogen) atoms. The second-order valence-corrected chi connectivity index (χ2v) is 13.8. The quantitative estimate of drug-likeness (QED) is 0.129. The van der Waals surface area contributed by atoms with Crippen LogP contribution in [0.25, 0.3) is 99.6 Å². The van der Waals surface area contributed by atoms with Crippen LogP contribution in [-0.4, -0.2) is 9.97 Å². The predicted molar refractivity (Wildman–Crippen MR) is 227 cm³/mol. The Bertz CT molecular complexity index is 2970. The molecule has 2 heteroatoms. The van der Waals surface area contributed by atoms with E-state index in [2.05, 4.69) is 188 Å². The summed E-state index contributed by atoms with van der Waals surface area (Å²) >= 11 is 0. The summed E-state index contributed by atoms with van der Waals surface area (Å²) in [5.74, 6) is 0.698. The third kappa shape index (κ3) is 5.71. The van der Waals surface area contributed by atoms with Crippen molar-refractivity contribution in [3.8, 4) is 67.3 Å². The Balaban J connectivity index is 1.17. The van der Waals surface area contributed by atoms with Crippen LogP contribution in [0.15, 0.2) is 206 Å². The lowest BCUT2D eigenvalue weighted by Crippen LogP contribution is -1.97. The summed E-state index contributed by atoms with van der Waals surface area (Å²) in [5, 5.41) is 7.47. The molecule has 9 aromatic carbocycles. The standard InChI is InChI=1S/C52H34N2/c1-4-15-35(16-5-1)44-29-28-41(33-47(44)36-17-6-2-7-18-36)50-34-49(53-52(54-50)38-20-8-3-9-21-38)40-23-14-24-42(31-40)51-45-26-13-11-22-39(45)32-48-43-25-12-10-19-37(43)27-30-46(48)51/h1-34H. The van der Waals surface area contributed by atoms with Gasteiger partial charge in [0.25, 0.3) is 0 Å². The highest BCUT2D eigenvalue weighted by atomic mass is 14.9. The van der Waals surface area contributed by atoms with Gasteiger partial charge in [0.05, 0.1) is 11.4 Å². The van der Waals surface area contributed by atoms with Crippen LogP contribution in [0.4, 0.5) is 0 Å². The van der Waals surface area contributed by atoms with E-state index in [-0.39, 0.29) is 0 Å². The molecule has 0 saturated heterocycles. The number of hydrogen-bond donors (Lipinski definition) is 0. The fraction of sp³-hybridized carbons (Fsp3) is 0. The summed E-state index contributed by atoms with van der Waals surface area (Å²) in [6, 6.07) is 73.5. The van der Waals surface area contributed by atoms with E-state index in [0.717, 1.165) is 39.2 Å². The van der Waals surface area contributed by atoms with E-state index < -0.39 is 0 Å². The maximum Gasteiger partial charge on any atom is 0.160 e. The molecule has 1 aromatic heterocycles. The summed E-state index contributed by atoms with van der Waals surface area (Å²) < 4.78 is 0. The van der Waals surface area contributed by atoms with Crippen molar-refractivity contribution in [1.29, 1.82) is 0 Å². The predicted octanol–water partition coefficient (Wildman–Crippen LogP) is 13.9. The van der Waals surface area contributed by atoms with E-state index in [0.29, 0.717) is 5.82 Å². The summed E-state index contributed by atoms with van der Waals surface area (Å²) in [6.45, 7) is 0. The van der Waals surface area contributed by atoms with Crippen molar-refractivity contribution in [2.45, 2.75) is 0 Å². The van der Waals surface area contributed by atoms with Crippen molar-refractivity contribution in [2.24, 2.45) is 0 Å². The lowest BCUT2D eigenvalue weighted by molar-refractivity contribution is 1.18. The van der Waals surface area contributed by atoms with Gasteiger partial charge in [0, 0.05) is 16.7 Å². The van der Waals surface area contributed by atoms with Crippen LogP contribution in [0.2, 0.25) is 0 Å². The van der Waals surface area contributed by atoms with Gasteiger partial charge in [-0.2, -0.15) is 0 Å². The molecular weight excluding hydrogens is 653 g/mol. The van der Waals surface area contributed by atoms with E-state index in [9.17, 15) is 0 Å². The average Bonchev–Trinajstić information content (AvgIpc) is 3.26. The number of rotatable bonds is 6. The summed E-state index contributed by atoms with van der Waals surface area (Å²) in [4.78, 5) is 10.5. The highest BCUT2D eigenvalue weighted by Crippen LogP contribution is 2.41. The highest BCUT2D eigenvalue weighted by molar-refractivity contribution is 6.20. The van der Waals surface area contributed by atoms with Crippen LogP contribution < -0.4 is 0 Å². The maximum atomic E-state index is 5.23. The van der Waals surface area contributed by atoms with Crippen molar-refractivity contribution in [3.63, 3.8) is 0 Å². The molecule has 0 radical (unpaired) electrons. The molecular formula is C52H34N2. The Morgan fingerprint density at radius 3 is 1.54 bits per heavy atom. The van der Waals surface area contributed by atoms with Crippen molar-refractivity contribution >= 4 is 32.3 Å². The van der Waals surface area contributed by atoms with Gasteiger partial charge in [-0.05, 0) is 90.0 Å². The normalized spacial score (nSPS) is 11.3. The maximum absolute atomic E-state index is 5.23. The first-order valence-corrected chi connectivity index (χ1v) is 18.4. The van der Waals surface area contributed by atoms with E-state index in [4.69, 9.17) is 9.97 Å². The minimum atomic E-state index is 0.698. The average molecular weight is 687 g/mol. The molecule has 2 nitrogen and oxygen atoms in total. The fourth-order valence-corrected chi connectivity index (χ4v) is 7.85. The van der Waals surface area contributed by atoms with Gasteiger partial charge in [0.2, 0.25) is 0 Å². The minimum absolute atomic E-state index is 0.698. The minimum Gasteiger partial charge on any atom is -0.228 e. The van der Waals surface area contributed by atoms with Gasteiger partial charge in [-0.25, -0.2) is 9.97 Å². The summed E-state index contributed by atoms with van der Waals surface area (Å²) in [5.41, 5.74) is 11.9. The van der Waals surface area contributed by atoms with Crippen molar-refractivity contribution in [1.82, 2.24) is 9.97 Å². The van der Waals surface area contributed by atoms with E-state index >= 15 is 0 Å². The summed E-state index contributed by atoms with van der Waals surface area (Å²) in [7, 11) is 0. The molecule has 0 saturated carbocycles. The van der Waals surface area contributed by atoms with E-state index in [1.807, 2.05) is 18.2 Å². The van der Waals surface area contributed by atoms with Crippen LogP contribution in [0.3, 0.4) is 0 Å². The highest BCUT2D eigenvalue weighted by Gasteiger charge is 2.17. The SMILES string of the molecule is c1ccc(-c2nc(-c3cccc(-c4c5ccccc5cc5c4ccc4ccccc45)c3)cc(-c3ccc(-c4ccccc4)c(-c4ccccc4)c3)n2)cc1. The second-order valence-electron chi connectivity index (χ2n) is 13.8. The van der Waals surface area contributed by atoms with Gasteiger partial charge in [-0.1, -0.05) is 182 Å². The first-order valence-electron chi connectivity index (χ1n) is 18.4. The van der Waals surface area contributed by atoms with Gasteiger partial charge in [0.15, 0.2) is 5.82 Å². The Morgan fingerprint density at radius 2 is 0.815 bits per heavy atom. The van der Waals surface area contributed by atoms with E-state index in [1.165, 1.54) is 54.6 Å².